The van der Waals surface area contributed by atoms with Crippen LogP contribution in [0.5, 0.6) is 0 Å². The van der Waals surface area contributed by atoms with Crippen LogP contribution in [0.1, 0.15) is 20.8 Å². The fraction of sp³-hybridized carbons (Fsp3) is 1.00. The van der Waals surface area contributed by atoms with Crippen molar-refractivity contribution in [3.63, 3.8) is 0 Å². The van der Waals surface area contributed by atoms with E-state index >= 15 is 0 Å². The molecular formula is C4H10Sb. The standard InChI is InChI=1S/C4H9.Sb.H/c1-4(2)3;;/h1-3H3;;. The fourth-order valence-corrected chi connectivity index (χ4v) is 0. The van der Waals surface area contributed by atoms with Gasteiger partial charge in [0.05, 0.1) is 0 Å². The van der Waals surface area contributed by atoms with Crippen LogP contribution in [0.4, 0.5) is 0 Å². The SMILES string of the molecule is C[C](C)(C)[SbH]. The molecule has 1 heteroatoms. The van der Waals surface area contributed by atoms with E-state index in [0.717, 1.165) is 0 Å². The summed E-state index contributed by atoms with van der Waals surface area (Å²) in [5, 5.41) is 0. The Balaban J connectivity index is 3.02. The van der Waals surface area contributed by atoms with Crippen LogP contribution in [0.3, 0.4) is 0 Å². The van der Waals surface area contributed by atoms with Gasteiger partial charge in [-0.3, -0.25) is 0 Å². The second-order valence-electron chi connectivity index (χ2n) is 2.25. The minimum atomic E-state index is 0.590. The van der Waals surface area contributed by atoms with E-state index in [1.54, 1.807) is 23.0 Å². The third-order valence-electron chi connectivity index (χ3n) is 0. The molecule has 0 spiro atoms. The molecule has 0 rings (SSSR count). The van der Waals surface area contributed by atoms with E-state index in [0.29, 0.717) is 3.36 Å². The molecule has 0 amide bonds. The van der Waals surface area contributed by atoms with Crippen LogP contribution >= 0.6 is 0 Å². The van der Waals surface area contributed by atoms with E-state index in [-0.39, 0.29) is 0 Å². The number of hydrogen-bond donors (Lipinski definition) is 0. The summed E-state index contributed by atoms with van der Waals surface area (Å²) in [6, 6.07) is 0. The van der Waals surface area contributed by atoms with Crippen molar-refractivity contribution in [2.75, 3.05) is 0 Å². The first kappa shape index (κ1) is 5.82. The molecule has 0 aliphatic carbocycles. The van der Waals surface area contributed by atoms with Crippen molar-refractivity contribution in [3.05, 3.63) is 0 Å². The zero-order valence-electron chi connectivity index (χ0n) is 4.00. The zero-order valence-corrected chi connectivity index (χ0v) is 6.85. The summed E-state index contributed by atoms with van der Waals surface area (Å²) < 4.78 is 0.590. The predicted octanol–water partition coefficient (Wildman–Crippen LogP) is 1.11. The second kappa shape index (κ2) is 1.51. The van der Waals surface area contributed by atoms with E-state index in [1.807, 2.05) is 0 Å². The van der Waals surface area contributed by atoms with Crippen molar-refractivity contribution < 1.29 is 0 Å². The van der Waals surface area contributed by atoms with Gasteiger partial charge in [-0.1, -0.05) is 0 Å². The fourth-order valence-electron chi connectivity index (χ4n) is 0. The molecule has 1 radical (unpaired) electrons. The first-order valence-corrected chi connectivity index (χ1v) is 3.18. The topological polar surface area (TPSA) is 0 Å². The molecule has 31 valence electrons. The van der Waals surface area contributed by atoms with Gasteiger partial charge in [-0.25, -0.2) is 0 Å². The Hall–Kier alpha value is 0.818. The molecule has 0 fully saturated rings. The molecule has 0 aromatic carbocycles. The molecule has 0 aromatic heterocycles. The Morgan fingerprint density at radius 1 is 1.20 bits per heavy atom. The Bertz CT molecular complexity index is 19.1. The molecule has 0 aliphatic heterocycles. The van der Waals surface area contributed by atoms with Crippen LogP contribution in [0.15, 0.2) is 0 Å². The minimum absolute atomic E-state index is 0.590. The van der Waals surface area contributed by atoms with Gasteiger partial charge in [0.1, 0.15) is 0 Å². The van der Waals surface area contributed by atoms with Crippen molar-refractivity contribution in [1.82, 2.24) is 0 Å². The second-order valence-corrected chi connectivity index (χ2v) is 6.53. The van der Waals surface area contributed by atoms with Gasteiger partial charge >= 0.3 is 47.2 Å². The molecule has 0 saturated heterocycles. The van der Waals surface area contributed by atoms with Gasteiger partial charge in [0.15, 0.2) is 0 Å². The van der Waals surface area contributed by atoms with E-state index in [4.69, 9.17) is 0 Å². The molecule has 0 saturated carbocycles. The summed E-state index contributed by atoms with van der Waals surface area (Å²) in [6.45, 7) is 6.68. The molecule has 0 atom stereocenters. The summed E-state index contributed by atoms with van der Waals surface area (Å²) in [4.78, 5) is 0. The maximum absolute atomic E-state index is 2.23. The summed E-state index contributed by atoms with van der Waals surface area (Å²) in [6.07, 6.45) is 0. The Morgan fingerprint density at radius 2 is 1.20 bits per heavy atom. The van der Waals surface area contributed by atoms with Crippen LogP contribution in [-0.2, 0) is 0 Å². The van der Waals surface area contributed by atoms with Crippen molar-refractivity contribution in [3.8, 4) is 0 Å². The molecule has 0 N–H and O–H groups in total. The van der Waals surface area contributed by atoms with Crippen molar-refractivity contribution >= 4 is 23.0 Å². The summed E-state index contributed by atoms with van der Waals surface area (Å²) in [5.41, 5.74) is 0. The van der Waals surface area contributed by atoms with Crippen molar-refractivity contribution in [1.29, 1.82) is 0 Å². The molecule has 0 unspecified atom stereocenters. The van der Waals surface area contributed by atoms with Gasteiger partial charge in [0.25, 0.3) is 0 Å². The van der Waals surface area contributed by atoms with Gasteiger partial charge < -0.3 is 0 Å². The summed E-state index contributed by atoms with van der Waals surface area (Å²) >= 11 is 1.62. The van der Waals surface area contributed by atoms with Crippen LogP contribution in [0, 0.1) is 0 Å². The quantitative estimate of drug-likeness (QED) is 0.489. The van der Waals surface area contributed by atoms with Crippen LogP contribution in [0.2, 0.25) is 3.36 Å². The molecule has 0 aliphatic rings. The summed E-state index contributed by atoms with van der Waals surface area (Å²) in [7, 11) is 0. The third kappa shape index (κ3) is 57.2. The first-order chi connectivity index (χ1) is 2.00. The van der Waals surface area contributed by atoms with E-state index in [1.165, 1.54) is 0 Å². The maximum atomic E-state index is 2.23. The van der Waals surface area contributed by atoms with Gasteiger partial charge in [0, 0.05) is 0 Å². The van der Waals surface area contributed by atoms with Crippen LogP contribution in [0.25, 0.3) is 0 Å². The van der Waals surface area contributed by atoms with Crippen molar-refractivity contribution in [2.45, 2.75) is 24.1 Å². The van der Waals surface area contributed by atoms with Crippen LogP contribution in [-0.4, -0.2) is 23.0 Å². The Kier molecular flexibility index (Phi) is 1.76. The Labute approximate surface area is 47.4 Å². The average Bonchev–Trinajstić information content (AvgIpc) is 0.722. The predicted molar refractivity (Wildman–Crippen MR) is 26.9 cm³/mol. The number of rotatable bonds is 0. The molecule has 5 heavy (non-hydrogen) atoms. The molecule has 0 aromatic rings. The summed E-state index contributed by atoms with van der Waals surface area (Å²) in [5.74, 6) is 0. The molecular weight excluding hydrogens is 170 g/mol. The van der Waals surface area contributed by atoms with Gasteiger partial charge in [-0.2, -0.15) is 0 Å². The molecule has 0 bridgehead atoms. The normalized spacial score (nSPS) is 12.0. The first-order valence-electron chi connectivity index (χ1n) is 1.75. The van der Waals surface area contributed by atoms with Gasteiger partial charge in [-0.15, -0.1) is 0 Å². The third-order valence-corrected chi connectivity index (χ3v) is 0. The monoisotopic (exact) mass is 179 g/mol. The van der Waals surface area contributed by atoms with E-state index in [9.17, 15) is 0 Å². The Morgan fingerprint density at radius 3 is 1.20 bits per heavy atom. The average molecular weight is 180 g/mol. The van der Waals surface area contributed by atoms with Gasteiger partial charge in [-0.05, 0) is 0 Å². The van der Waals surface area contributed by atoms with Crippen LogP contribution < -0.4 is 0 Å². The van der Waals surface area contributed by atoms with E-state index < -0.39 is 0 Å². The zero-order chi connectivity index (χ0) is 4.50. The number of hydrogen-bond acceptors (Lipinski definition) is 0. The van der Waals surface area contributed by atoms with E-state index in [2.05, 4.69) is 20.8 Å². The molecule has 0 nitrogen and oxygen atoms in total. The molecule has 0 heterocycles. The van der Waals surface area contributed by atoms with Crippen molar-refractivity contribution in [2.24, 2.45) is 0 Å². The van der Waals surface area contributed by atoms with Gasteiger partial charge in [0.2, 0.25) is 0 Å².